The average Bonchev–Trinajstić information content (AvgIpc) is 3.27. The number of carbonyl (C=O) groups is 1. The van der Waals surface area contributed by atoms with Crippen LogP contribution in [0.5, 0.6) is 5.75 Å². The van der Waals surface area contributed by atoms with Gasteiger partial charge in [-0.05, 0) is 47.9 Å². The lowest BCUT2D eigenvalue weighted by Gasteiger charge is -2.19. The van der Waals surface area contributed by atoms with E-state index in [2.05, 4.69) is 83.2 Å². The summed E-state index contributed by atoms with van der Waals surface area (Å²) in [5, 5.41) is 6.71. The van der Waals surface area contributed by atoms with Crippen LogP contribution in [0.25, 0.3) is 0 Å². The largest absolute Gasteiger partial charge is 0.497 e. The quantitative estimate of drug-likeness (QED) is 0.483. The summed E-state index contributed by atoms with van der Waals surface area (Å²) in [6.45, 7) is 3.98. The summed E-state index contributed by atoms with van der Waals surface area (Å²) in [6.07, 6.45) is 0.811. The van der Waals surface area contributed by atoms with Gasteiger partial charge in [0, 0.05) is 38.6 Å². The van der Waals surface area contributed by atoms with Crippen LogP contribution in [0.4, 0.5) is 0 Å². The van der Waals surface area contributed by atoms with E-state index in [1.54, 1.807) is 7.11 Å². The van der Waals surface area contributed by atoms with Gasteiger partial charge in [0.25, 0.3) is 0 Å². The molecule has 3 aromatic carbocycles. The lowest BCUT2D eigenvalue weighted by molar-refractivity contribution is -0.124. The molecule has 0 bridgehead atoms. The molecule has 1 fully saturated rings. The first-order chi connectivity index (χ1) is 16.6. The first-order valence-electron chi connectivity index (χ1n) is 12.0. The highest BCUT2D eigenvalue weighted by molar-refractivity contribution is 5.80. The predicted octanol–water partition coefficient (Wildman–Crippen LogP) is 3.99. The molecule has 2 atom stereocenters. The molecule has 0 spiro atoms. The Bertz CT molecular complexity index is 1050. The second kappa shape index (κ2) is 11.8. The molecule has 178 valence electrons. The van der Waals surface area contributed by atoms with Crippen LogP contribution in [0, 0.1) is 5.92 Å². The van der Waals surface area contributed by atoms with Crippen LogP contribution < -0.4 is 15.4 Å². The molecule has 0 aromatic heterocycles. The molecule has 0 saturated carbocycles. The molecule has 34 heavy (non-hydrogen) atoms. The topological polar surface area (TPSA) is 53.6 Å². The van der Waals surface area contributed by atoms with Gasteiger partial charge >= 0.3 is 0 Å². The second-order valence-electron chi connectivity index (χ2n) is 9.16. The fourth-order valence-electron chi connectivity index (χ4n) is 4.74. The summed E-state index contributed by atoms with van der Waals surface area (Å²) in [4.78, 5) is 15.4. The number of rotatable bonds is 10. The Morgan fingerprint density at radius 3 is 2.41 bits per heavy atom. The number of amides is 1. The normalized spacial score (nSPS) is 18.1. The van der Waals surface area contributed by atoms with E-state index in [0.717, 1.165) is 38.3 Å². The molecular formula is C29H35N3O2. The highest BCUT2D eigenvalue weighted by atomic mass is 16.5. The van der Waals surface area contributed by atoms with Gasteiger partial charge < -0.3 is 20.3 Å². The summed E-state index contributed by atoms with van der Waals surface area (Å²) in [5.74, 6) is 1.17. The molecule has 1 heterocycles. The molecule has 1 aliphatic heterocycles. The van der Waals surface area contributed by atoms with Crippen LogP contribution >= 0.6 is 0 Å². The molecule has 1 aliphatic rings. The van der Waals surface area contributed by atoms with Gasteiger partial charge in [0.1, 0.15) is 5.75 Å². The summed E-state index contributed by atoms with van der Waals surface area (Å²) >= 11 is 0. The number of methoxy groups -OCH3 is 1. The van der Waals surface area contributed by atoms with Crippen molar-refractivity contribution >= 4 is 5.91 Å². The molecule has 5 heteroatoms. The molecule has 0 unspecified atom stereocenters. The molecule has 1 saturated heterocycles. The van der Waals surface area contributed by atoms with E-state index < -0.39 is 0 Å². The standard InChI is InChI=1S/C29H35N3O2/c1-32-20-27(25-10-6-9-24(17-25)19-30-18-23-7-4-3-5-8-23)28(21-32)29(33)31-16-15-22-11-13-26(34-2)14-12-22/h3-14,17,27-28,30H,15-16,18-21H2,1-2H3,(H,31,33)/t27-,28+/m0/s1. The Kier molecular flexibility index (Phi) is 8.34. The van der Waals surface area contributed by atoms with Crippen molar-refractivity contribution in [2.24, 2.45) is 5.92 Å². The molecule has 5 nitrogen and oxygen atoms in total. The second-order valence-corrected chi connectivity index (χ2v) is 9.16. The summed E-state index contributed by atoms with van der Waals surface area (Å²) in [5.41, 5.74) is 4.97. The Labute approximate surface area is 203 Å². The third-order valence-corrected chi connectivity index (χ3v) is 6.59. The van der Waals surface area contributed by atoms with Crippen LogP contribution in [0.3, 0.4) is 0 Å². The fourth-order valence-corrected chi connectivity index (χ4v) is 4.74. The Morgan fingerprint density at radius 1 is 0.912 bits per heavy atom. The zero-order chi connectivity index (χ0) is 23.8. The number of nitrogens with one attached hydrogen (secondary N) is 2. The highest BCUT2D eigenvalue weighted by Gasteiger charge is 2.36. The molecule has 0 aliphatic carbocycles. The maximum absolute atomic E-state index is 13.1. The fraction of sp³-hybridized carbons (Fsp3) is 0.345. The highest BCUT2D eigenvalue weighted by Crippen LogP contribution is 2.32. The number of benzene rings is 3. The van der Waals surface area contributed by atoms with Crippen LogP contribution in [0.15, 0.2) is 78.9 Å². The zero-order valence-electron chi connectivity index (χ0n) is 20.2. The smallest absolute Gasteiger partial charge is 0.225 e. The van der Waals surface area contributed by atoms with Crippen LogP contribution in [0.1, 0.15) is 28.2 Å². The lowest BCUT2D eigenvalue weighted by Crippen LogP contribution is -2.35. The Hall–Kier alpha value is -3.15. The van der Waals surface area contributed by atoms with Crippen molar-refractivity contribution in [3.63, 3.8) is 0 Å². The third-order valence-electron chi connectivity index (χ3n) is 6.59. The van der Waals surface area contributed by atoms with E-state index in [9.17, 15) is 4.79 Å². The van der Waals surface area contributed by atoms with E-state index in [1.807, 2.05) is 18.2 Å². The predicted molar refractivity (Wildman–Crippen MR) is 137 cm³/mol. The van der Waals surface area contributed by atoms with Gasteiger partial charge in [-0.3, -0.25) is 4.79 Å². The number of nitrogens with zero attached hydrogens (tertiary/aromatic N) is 1. The number of likely N-dealkylation sites (N-methyl/N-ethyl adjacent to an activating group) is 1. The minimum atomic E-state index is -0.0339. The van der Waals surface area contributed by atoms with E-state index in [4.69, 9.17) is 4.74 Å². The molecule has 4 rings (SSSR count). The number of hydrogen-bond acceptors (Lipinski definition) is 4. The third kappa shape index (κ3) is 6.46. The lowest BCUT2D eigenvalue weighted by atomic mass is 9.87. The summed E-state index contributed by atoms with van der Waals surface area (Å²) in [6, 6.07) is 27.2. The van der Waals surface area contributed by atoms with Crippen molar-refractivity contribution in [2.75, 3.05) is 33.8 Å². The average molecular weight is 458 g/mol. The number of likely N-dealkylation sites (tertiary alicyclic amines) is 1. The van der Waals surface area contributed by atoms with Gasteiger partial charge in [-0.15, -0.1) is 0 Å². The Morgan fingerprint density at radius 2 is 1.65 bits per heavy atom. The zero-order valence-corrected chi connectivity index (χ0v) is 20.2. The summed E-state index contributed by atoms with van der Waals surface area (Å²) < 4.78 is 5.22. The maximum atomic E-state index is 13.1. The van der Waals surface area contributed by atoms with Crippen LogP contribution in [0.2, 0.25) is 0 Å². The minimum Gasteiger partial charge on any atom is -0.497 e. The van der Waals surface area contributed by atoms with E-state index in [1.165, 1.54) is 22.3 Å². The van der Waals surface area contributed by atoms with Gasteiger partial charge in [0.15, 0.2) is 0 Å². The van der Waals surface area contributed by atoms with Gasteiger partial charge in [-0.1, -0.05) is 66.7 Å². The molecule has 0 radical (unpaired) electrons. The molecule has 1 amide bonds. The number of carbonyl (C=O) groups excluding carboxylic acids is 1. The van der Waals surface area contributed by atoms with Crippen molar-refractivity contribution in [2.45, 2.75) is 25.4 Å². The number of hydrogen-bond donors (Lipinski definition) is 2. The van der Waals surface area contributed by atoms with Crippen LogP contribution in [-0.4, -0.2) is 44.6 Å². The number of ether oxygens (including phenoxy) is 1. The molecular weight excluding hydrogens is 422 g/mol. The monoisotopic (exact) mass is 457 g/mol. The Balaban J connectivity index is 1.32. The van der Waals surface area contributed by atoms with E-state index in [0.29, 0.717) is 6.54 Å². The van der Waals surface area contributed by atoms with Crippen LogP contribution in [-0.2, 0) is 24.3 Å². The van der Waals surface area contributed by atoms with Gasteiger partial charge in [-0.2, -0.15) is 0 Å². The molecule has 3 aromatic rings. The van der Waals surface area contributed by atoms with Gasteiger partial charge in [0.2, 0.25) is 5.91 Å². The first kappa shape index (κ1) is 24.0. The van der Waals surface area contributed by atoms with Crippen molar-refractivity contribution in [1.82, 2.24) is 15.5 Å². The van der Waals surface area contributed by atoms with Gasteiger partial charge in [0.05, 0.1) is 13.0 Å². The van der Waals surface area contributed by atoms with E-state index in [-0.39, 0.29) is 17.7 Å². The molecule has 2 N–H and O–H groups in total. The van der Waals surface area contributed by atoms with Crippen molar-refractivity contribution in [1.29, 1.82) is 0 Å². The minimum absolute atomic E-state index is 0.0339. The van der Waals surface area contributed by atoms with Crippen molar-refractivity contribution in [3.05, 3.63) is 101 Å². The van der Waals surface area contributed by atoms with Crippen molar-refractivity contribution < 1.29 is 9.53 Å². The van der Waals surface area contributed by atoms with E-state index >= 15 is 0 Å². The maximum Gasteiger partial charge on any atom is 0.225 e. The summed E-state index contributed by atoms with van der Waals surface area (Å²) in [7, 11) is 3.77. The first-order valence-corrected chi connectivity index (χ1v) is 12.0. The SMILES string of the molecule is COc1ccc(CCNC(=O)[C@@H]2CN(C)C[C@H]2c2cccc(CNCc3ccccc3)c2)cc1. The van der Waals surface area contributed by atoms with Gasteiger partial charge in [-0.25, -0.2) is 0 Å². The van der Waals surface area contributed by atoms with Crippen molar-refractivity contribution in [3.8, 4) is 5.75 Å².